The van der Waals surface area contributed by atoms with E-state index in [-0.39, 0.29) is 24.9 Å². The van der Waals surface area contributed by atoms with Crippen LogP contribution in [0.5, 0.6) is 0 Å². The minimum absolute atomic E-state index is 0.0345. The predicted octanol–water partition coefficient (Wildman–Crippen LogP) is 2.74. The van der Waals surface area contributed by atoms with Crippen molar-refractivity contribution in [1.82, 2.24) is 5.32 Å². The molecule has 1 fully saturated rings. The minimum atomic E-state index is -0.380. The van der Waals surface area contributed by atoms with Crippen LogP contribution in [0.25, 0.3) is 0 Å². The summed E-state index contributed by atoms with van der Waals surface area (Å²) in [5.41, 5.74) is 0. The number of nitrogens with one attached hydrogen (secondary N) is 1. The van der Waals surface area contributed by atoms with Crippen LogP contribution in [0.2, 0.25) is 0 Å². The monoisotopic (exact) mass is 315 g/mol. The summed E-state index contributed by atoms with van der Waals surface area (Å²) in [6.45, 7) is 1.90. The van der Waals surface area contributed by atoms with Crippen molar-refractivity contribution in [2.24, 2.45) is 0 Å². The summed E-state index contributed by atoms with van der Waals surface area (Å²) in [6, 6.07) is 0.349. The summed E-state index contributed by atoms with van der Waals surface area (Å²) < 4.78 is 0. The molecule has 0 aliphatic carbocycles. The molecule has 0 saturated carbocycles. The summed E-state index contributed by atoms with van der Waals surface area (Å²) >= 11 is 0. The molecule has 1 heterocycles. The summed E-state index contributed by atoms with van der Waals surface area (Å²) in [5, 5.41) is 31.5. The van der Waals surface area contributed by atoms with Crippen LogP contribution < -0.4 is 5.32 Å². The highest BCUT2D eigenvalue weighted by Gasteiger charge is 2.27. The van der Waals surface area contributed by atoms with E-state index < -0.39 is 0 Å². The molecule has 0 amide bonds. The zero-order valence-electron chi connectivity index (χ0n) is 14.3. The third-order valence-corrected chi connectivity index (χ3v) is 4.85. The Bertz CT molecular complexity index is 261. The first-order chi connectivity index (χ1) is 10.6. The zero-order chi connectivity index (χ0) is 16.2. The van der Waals surface area contributed by atoms with Crippen molar-refractivity contribution in [2.75, 3.05) is 6.61 Å². The largest absolute Gasteiger partial charge is 0.395 e. The molecule has 22 heavy (non-hydrogen) atoms. The van der Waals surface area contributed by atoms with E-state index in [1.165, 1.54) is 44.9 Å². The molecule has 0 aromatic carbocycles. The van der Waals surface area contributed by atoms with Gasteiger partial charge in [-0.25, -0.2) is 0 Å². The second-order valence-electron chi connectivity index (χ2n) is 7.05. The molecule has 4 atom stereocenters. The lowest BCUT2D eigenvalue weighted by molar-refractivity contribution is 0.0482. The van der Waals surface area contributed by atoms with Crippen LogP contribution >= 0.6 is 0 Å². The standard InChI is InChI=1S/C18H37NO3/c1-15(21)10-8-6-4-2-3-5-7-9-11-16-12-13-18(22)17(14-20)19-16/h15-22H,2-14H2,1H3/t15-,16-,17+,18-/m0/s1. The Hall–Kier alpha value is -0.160. The van der Waals surface area contributed by atoms with E-state index in [0.29, 0.717) is 6.04 Å². The average Bonchev–Trinajstić information content (AvgIpc) is 2.50. The molecule has 4 nitrogen and oxygen atoms in total. The molecule has 0 radical (unpaired) electrons. The molecule has 0 aromatic heterocycles. The first-order valence-electron chi connectivity index (χ1n) is 9.36. The van der Waals surface area contributed by atoms with Crippen LogP contribution in [0.1, 0.15) is 84.0 Å². The summed E-state index contributed by atoms with van der Waals surface area (Å²) in [5.74, 6) is 0. The molecule has 0 spiro atoms. The van der Waals surface area contributed by atoms with Crippen molar-refractivity contribution in [2.45, 2.75) is 108 Å². The zero-order valence-corrected chi connectivity index (χ0v) is 14.3. The first-order valence-corrected chi connectivity index (χ1v) is 9.36. The fourth-order valence-electron chi connectivity index (χ4n) is 3.36. The van der Waals surface area contributed by atoms with Crippen LogP contribution in [0.15, 0.2) is 0 Å². The van der Waals surface area contributed by atoms with Crippen molar-refractivity contribution in [3.8, 4) is 0 Å². The Balaban J connectivity index is 1.87. The minimum Gasteiger partial charge on any atom is -0.395 e. The maximum atomic E-state index is 9.71. The van der Waals surface area contributed by atoms with Crippen LogP contribution in [0.4, 0.5) is 0 Å². The van der Waals surface area contributed by atoms with Gasteiger partial charge >= 0.3 is 0 Å². The molecule has 0 aromatic rings. The van der Waals surface area contributed by atoms with E-state index in [0.717, 1.165) is 32.1 Å². The molecule has 4 heteroatoms. The van der Waals surface area contributed by atoms with Gasteiger partial charge in [-0.3, -0.25) is 0 Å². The molecular formula is C18H37NO3. The van der Waals surface area contributed by atoms with Crippen LogP contribution in [-0.2, 0) is 0 Å². The molecule has 1 rings (SSSR count). The second-order valence-corrected chi connectivity index (χ2v) is 7.05. The Morgan fingerprint density at radius 3 is 2.14 bits per heavy atom. The maximum Gasteiger partial charge on any atom is 0.0716 e. The van der Waals surface area contributed by atoms with Crippen molar-refractivity contribution in [1.29, 1.82) is 0 Å². The fraction of sp³-hybridized carbons (Fsp3) is 1.00. The number of hydrogen-bond donors (Lipinski definition) is 4. The van der Waals surface area contributed by atoms with Gasteiger partial charge in [-0.05, 0) is 32.6 Å². The number of aliphatic hydroxyl groups excluding tert-OH is 3. The Morgan fingerprint density at radius 1 is 0.955 bits per heavy atom. The normalized spacial score (nSPS) is 27.0. The number of piperidine rings is 1. The lowest BCUT2D eigenvalue weighted by Crippen LogP contribution is -2.52. The van der Waals surface area contributed by atoms with Crippen molar-refractivity contribution >= 4 is 0 Å². The van der Waals surface area contributed by atoms with Gasteiger partial charge in [0.25, 0.3) is 0 Å². The van der Waals surface area contributed by atoms with E-state index >= 15 is 0 Å². The van der Waals surface area contributed by atoms with Gasteiger partial charge in [-0.2, -0.15) is 0 Å². The highest BCUT2D eigenvalue weighted by Crippen LogP contribution is 2.18. The SMILES string of the molecule is C[C@H](O)CCCCCCCCCC[C@H]1CC[C@H](O)[C@@H](CO)N1. The molecule has 0 bridgehead atoms. The highest BCUT2D eigenvalue weighted by atomic mass is 16.3. The van der Waals surface area contributed by atoms with Crippen molar-refractivity contribution in [3.63, 3.8) is 0 Å². The summed E-state index contributed by atoms with van der Waals surface area (Å²) in [7, 11) is 0. The second kappa shape index (κ2) is 12.3. The van der Waals surface area contributed by atoms with Crippen molar-refractivity contribution in [3.05, 3.63) is 0 Å². The molecule has 1 aliphatic heterocycles. The number of rotatable bonds is 12. The quantitative estimate of drug-likeness (QED) is 0.418. The van der Waals surface area contributed by atoms with Gasteiger partial charge in [0, 0.05) is 6.04 Å². The smallest absolute Gasteiger partial charge is 0.0716 e. The number of unbranched alkanes of at least 4 members (excludes halogenated alkanes) is 7. The van der Waals surface area contributed by atoms with E-state index in [1.54, 1.807) is 0 Å². The van der Waals surface area contributed by atoms with Crippen molar-refractivity contribution < 1.29 is 15.3 Å². The van der Waals surface area contributed by atoms with Gasteiger partial charge in [0.1, 0.15) is 0 Å². The van der Waals surface area contributed by atoms with E-state index in [9.17, 15) is 15.3 Å². The van der Waals surface area contributed by atoms with Gasteiger partial charge < -0.3 is 20.6 Å². The molecule has 132 valence electrons. The van der Waals surface area contributed by atoms with Gasteiger partial charge in [0.05, 0.1) is 24.9 Å². The third-order valence-electron chi connectivity index (χ3n) is 4.85. The number of hydrogen-bond acceptors (Lipinski definition) is 4. The average molecular weight is 315 g/mol. The molecule has 1 saturated heterocycles. The van der Waals surface area contributed by atoms with Gasteiger partial charge in [0.2, 0.25) is 0 Å². The molecular weight excluding hydrogens is 278 g/mol. The van der Waals surface area contributed by atoms with Gasteiger partial charge in [-0.15, -0.1) is 0 Å². The maximum absolute atomic E-state index is 9.71. The highest BCUT2D eigenvalue weighted by molar-refractivity contribution is 4.86. The summed E-state index contributed by atoms with van der Waals surface area (Å²) in [4.78, 5) is 0. The lowest BCUT2D eigenvalue weighted by atomic mass is 9.93. The summed E-state index contributed by atoms with van der Waals surface area (Å²) in [6.07, 6.45) is 13.6. The topological polar surface area (TPSA) is 72.7 Å². The Morgan fingerprint density at radius 2 is 1.55 bits per heavy atom. The Labute approximate surface area is 136 Å². The fourth-order valence-corrected chi connectivity index (χ4v) is 3.36. The third kappa shape index (κ3) is 9.09. The van der Waals surface area contributed by atoms with E-state index in [4.69, 9.17) is 0 Å². The van der Waals surface area contributed by atoms with E-state index in [1.807, 2.05) is 6.92 Å². The van der Waals surface area contributed by atoms with Gasteiger partial charge in [0.15, 0.2) is 0 Å². The Kier molecular flexibility index (Phi) is 11.1. The number of aliphatic hydroxyl groups is 3. The van der Waals surface area contributed by atoms with Crippen LogP contribution in [0.3, 0.4) is 0 Å². The van der Waals surface area contributed by atoms with E-state index in [2.05, 4.69) is 5.32 Å². The lowest BCUT2D eigenvalue weighted by Gasteiger charge is -2.34. The molecule has 0 unspecified atom stereocenters. The molecule has 4 N–H and O–H groups in total. The predicted molar refractivity (Wildman–Crippen MR) is 90.9 cm³/mol. The van der Waals surface area contributed by atoms with Crippen LogP contribution in [-0.4, -0.2) is 46.2 Å². The van der Waals surface area contributed by atoms with Gasteiger partial charge in [-0.1, -0.05) is 51.4 Å². The van der Waals surface area contributed by atoms with Crippen LogP contribution in [0, 0.1) is 0 Å². The first kappa shape index (κ1) is 19.9. The molecule has 1 aliphatic rings.